The fraction of sp³-hybridized carbons (Fsp3) is 0.333. The number of rotatable bonds is 6. The quantitative estimate of drug-likeness (QED) is 0.445. The first-order chi connectivity index (χ1) is 9.23. The van der Waals surface area contributed by atoms with E-state index in [2.05, 4.69) is 0 Å². The third-order valence-electron chi connectivity index (χ3n) is 2.88. The molecular formula is C12H12N2O6. The number of ketones is 2. The first kappa shape index (κ1) is 15.4. The van der Waals surface area contributed by atoms with Crippen LogP contribution in [0.2, 0.25) is 0 Å². The van der Waals surface area contributed by atoms with Crippen molar-refractivity contribution in [3.8, 4) is 0 Å². The summed E-state index contributed by atoms with van der Waals surface area (Å²) in [5.41, 5.74) is -0.759. The highest BCUT2D eigenvalue weighted by molar-refractivity contribution is 6.00. The van der Waals surface area contributed by atoms with Crippen LogP contribution in [0.25, 0.3) is 0 Å². The van der Waals surface area contributed by atoms with Crippen LogP contribution in [0.1, 0.15) is 19.4 Å². The van der Waals surface area contributed by atoms with E-state index < -0.39 is 38.7 Å². The number of carbonyl (C=O) groups excluding carboxylic acids is 2. The van der Waals surface area contributed by atoms with E-state index in [1.165, 1.54) is 19.9 Å². The van der Waals surface area contributed by atoms with Crippen LogP contribution in [0.5, 0.6) is 0 Å². The zero-order valence-electron chi connectivity index (χ0n) is 10.9. The molecule has 0 amide bonds. The summed E-state index contributed by atoms with van der Waals surface area (Å²) in [7, 11) is 0. The number of hydrogen-bond acceptors (Lipinski definition) is 6. The van der Waals surface area contributed by atoms with Crippen molar-refractivity contribution in [3.63, 3.8) is 0 Å². The van der Waals surface area contributed by atoms with Crippen molar-refractivity contribution in [2.45, 2.75) is 20.3 Å². The lowest BCUT2D eigenvalue weighted by Crippen LogP contribution is -2.22. The van der Waals surface area contributed by atoms with E-state index in [0.717, 1.165) is 12.1 Å². The number of carbonyl (C=O) groups is 2. The molecule has 0 spiro atoms. The number of hydrogen-bond donors (Lipinski definition) is 0. The van der Waals surface area contributed by atoms with Crippen molar-refractivity contribution in [1.82, 2.24) is 0 Å². The van der Waals surface area contributed by atoms with Crippen LogP contribution < -0.4 is 0 Å². The first-order valence-electron chi connectivity index (χ1n) is 5.66. The van der Waals surface area contributed by atoms with Gasteiger partial charge in [-0.15, -0.1) is 0 Å². The summed E-state index contributed by atoms with van der Waals surface area (Å²) < 4.78 is 0. The summed E-state index contributed by atoms with van der Waals surface area (Å²) in [5, 5.41) is 21.5. The van der Waals surface area contributed by atoms with Crippen molar-refractivity contribution in [1.29, 1.82) is 0 Å². The molecular weight excluding hydrogens is 268 g/mol. The Morgan fingerprint density at radius 3 is 2.05 bits per heavy atom. The van der Waals surface area contributed by atoms with Crippen molar-refractivity contribution in [2.24, 2.45) is 5.92 Å². The third kappa shape index (κ3) is 3.44. The average Bonchev–Trinajstić information content (AvgIpc) is 2.34. The number of nitro benzene ring substituents is 2. The minimum atomic E-state index is -0.977. The van der Waals surface area contributed by atoms with Gasteiger partial charge in [0.15, 0.2) is 0 Å². The average molecular weight is 280 g/mol. The number of nitro groups is 2. The van der Waals surface area contributed by atoms with E-state index in [9.17, 15) is 29.8 Å². The number of benzene rings is 1. The van der Waals surface area contributed by atoms with Gasteiger partial charge >= 0.3 is 0 Å². The summed E-state index contributed by atoms with van der Waals surface area (Å²) in [6.07, 6.45) is -0.140. The zero-order valence-corrected chi connectivity index (χ0v) is 10.9. The molecule has 8 nitrogen and oxygen atoms in total. The van der Waals surface area contributed by atoms with Gasteiger partial charge in [-0.05, 0) is 26.3 Å². The molecule has 0 aliphatic heterocycles. The summed E-state index contributed by atoms with van der Waals surface area (Å²) in [5.74, 6) is -1.77. The van der Waals surface area contributed by atoms with Gasteiger partial charge in [0.1, 0.15) is 11.6 Å². The Kier molecular flexibility index (Phi) is 4.63. The molecule has 0 aromatic heterocycles. The molecule has 0 bridgehead atoms. The Morgan fingerprint density at radius 1 is 1.10 bits per heavy atom. The van der Waals surface area contributed by atoms with Gasteiger partial charge in [-0.3, -0.25) is 29.8 Å². The second kappa shape index (κ2) is 6.00. The van der Waals surface area contributed by atoms with E-state index in [4.69, 9.17) is 0 Å². The maximum absolute atomic E-state index is 11.3. The second-order valence-electron chi connectivity index (χ2n) is 4.31. The van der Waals surface area contributed by atoms with Crippen LogP contribution in [0.3, 0.4) is 0 Å². The van der Waals surface area contributed by atoms with Crippen molar-refractivity contribution >= 4 is 22.9 Å². The van der Waals surface area contributed by atoms with E-state index in [0.29, 0.717) is 0 Å². The van der Waals surface area contributed by atoms with Crippen LogP contribution >= 0.6 is 0 Å². The van der Waals surface area contributed by atoms with Crippen LogP contribution in [0.4, 0.5) is 11.4 Å². The standard InChI is InChI=1S/C12H12N2O6/c1-7(15)11(8(2)16)5-9-3-4-10(13(17)18)6-12(9)14(19)20/h3-4,6,11H,5H2,1-2H3. The highest BCUT2D eigenvalue weighted by Crippen LogP contribution is 2.27. The molecule has 20 heavy (non-hydrogen) atoms. The topological polar surface area (TPSA) is 120 Å². The molecule has 0 atom stereocenters. The maximum atomic E-state index is 11.3. The Balaban J connectivity index is 3.24. The van der Waals surface area contributed by atoms with E-state index in [1.54, 1.807) is 0 Å². The van der Waals surface area contributed by atoms with Crippen molar-refractivity contribution < 1.29 is 19.4 Å². The summed E-state index contributed by atoms with van der Waals surface area (Å²) >= 11 is 0. The van der Waals surface area contributed by atoms with Crippen LogP contribution in [0, 0.1) is 26.1 Å². The largest absolute Gasteiger partial charge is 0.299 e. The summed E-state index contributed by atoms with van der Waals surface area (Å²) in [4.78, 5) is 42.7. The molecule has 0 saturated heterocycles. The van der Waals surface area contributed by atoms with Gasteiger partial charge in [-0.1, -0.05) is 0 Å². The molecule has 0 radical (unpaired) electrons. The third-order valence-corrected chi connectivity index (χ3v) is 2.88. The van der Waals surface area contributed by atoms with Gasteiger partial charge in [0.25, 0.3) is 11.4 Å². The van der Waals surface area contributed by atoms with Gasteiger partial charge in [-0.2, -0.15) is 0 Å². The molecule has 0 N–H and O–H groups in total. The predicted molar refractivity (Wildman–Crippen MR) is 68.3 cm³/mol. The number of non-ortho nitro benzene ring substituents is 1. The lowest BCUT2D eigenvalue weighted by molar-refractivity contribution is -0.394. The molecule has 0 heterocycles. The van der Waals surface area contributed by atoms with Crippen molar-refractivity contribution in [3.05, 3.63) is 44.0 Å². The molecule has 1 aromatic rings. The van der Waals surface area contributed by atoms with Gasteiger partial charge in [0.05, 0.1) is 21.8 Å². The first-order valence-corrected chi connectivity index (χ1v) is 5.66. The number of Topliss-reactive ketones (excluding diaryl/α,β-unsaturated/α-hetero) is 2. The molecule has 1 aromatic carbocycles. The van der Waals surface area contributed by atoms with E-state index in [-0.39, 0.29) is 12.0 Å². The van der Waals surface area contributed by atoms with Gasteiger partial charge < -0.3 is 0 Å². The van der Waals surface area contributed by atoms with Crippen molar-refractivity contribution in [2.75, 3.05) is 0 Å². The second-order valence-corrected chi connectivity index (χ2v) is 4.31. The lowest BCUT2D eigenvalue weighted by atomic mass is 9.92. The van der Waals surface area contributed by atoms with E-state index >= 15 is 0 Å². The molecule has 0 aliphatic rings. The highest BCUT2D eigenvalue weighted by atomic mass is 16.6. The van der Waals surface area contributed by atoms with Gasteiger partial charge in [-0.25, -0.2) is 0 Å². The highest BCUT2D eigenvalue weighted by Gasteiger charge is 2.26. The molecule has 106 valence electrons. The molecule has 1 rings (SSSR count). The fourth-order valence-electron chi connectivity index (χ4n) is 1.80. The van der Waals surface area contributed by atoms with Crippen LogP contribution in [0.15, 0.2) is 18.2 Å². The fourth-order valence-corrected chi connectivity index (χ4v) is 1.80. The Labute approximate surface area is 113 Å². The molecule has 0 unspecified atom stereocenters. The lowest BCUT2D eigenvalue weighted by Gasteiger charge is -2.10. The number of nitrogens with zero attached hydrogens (tertiary/aromatic N) is 2. The Hall–Kier alpha value is -2.64. The van der Waals surface area contributed by atoms with Gasteiger partial charge in [0, 0.05) is 11.6 Å². The normalized spacial score (nSPS) is 10.3. The smallest absolute Gasteiger partial charge is 0.279 e. The zero-order chi connectivity index (χ0) is 15.4. The predicted octanol–water partition coefficient (Wildman–Crippen LogP) is 1.84. The maximum Gasteiger partial charge on any atom is 0.279 e. The molecule has 0 aliphatic carbocycles. The Morgan fingerprint density at radius 2 is 1.65 bits per heavy atom. The Bertz CT molecular complexity index is 582. The van der Waals surface area contributed by atoms with Crippen LogP contribution in [-0.4, -0.2) is 21.4 Å². The minimum absolute atomic E-state index is 0.121. The van der Waals surface area contributed by atoms with Gasteiger partial charge in [0.2, 0.25) is 0 Å². The monoisotopic (exact) mass is 280 g/mol. The molecule has 0 saturated carbocycles. The SMILES string of the molecule is CC(=O)C(Cc1ccc([N+](=O)[O-])cc1[N+](=O)[O-])C(C)=O. The summed E-state index contributed by atoms with van der Waals surface area (Å²) in [6.45, 7) is 2.45. The van der Waals surface area contributed by atoms with E-state index in [1.807, 2.05) is 0 Å². The minimum Gasteiger partial charge on any atom is -0.299 e. The summed E-state index contributed by atoms with van der Waals surface area (Å²) in [6, 6.07) is 3.14. The molecule has 8 heteroatoms. The molecule has 0 fully saturated rings. The van der Waals surface area contributed by atoms with Crippen LogP contribution in [-0.2, 0) is 16.0 Å².